The molecule has 0 atom stereocenters. The van der Waals surface area contributed by atoms with Crippen LogP contribution >= 0.6 is 27.5 Å². The molecule has 30 heavy (non-hydrogen) atoms. The molecule has 3 aromatic rings. The lowest BCUT2D eigenvalue weighted by Gasteiger charge is -2.14. The number of carbonyl (C=O) groups is 1. The lowest BCUT2D eigenvalue weighted by atomic mass is 10.1. The second-order valence-corrected chi connectivity index (χ2v) is 7.57. The Hall–Kier alpha value is -2.90. The molecule has 0 aliphatic carbocycles. The van der Waals surface area contributed by atoms with Gasteiger partial charge in [-0.2, -0.15) is 5.10 Å². The van der Waals surface area contributed by atoms with E-state index in [-0.39, 0.29) is 10.7 Å². The van der Waals surface area contributed by atoms with Gasteiger partial charge in [0.1, 0.15) is 11.8 Å². The number of aryl methyl sites for hydroxylation is 1. The van der Waals surface area contributed by atoms with Gasteiger partial charge < -0.3 is 9.47 Å². The Labute approximate surface area is 188 Å². The van der Waals surface area contributed by atoms with Gasteiger partial charge in [0.2, 0.25) is 0 Å². The van der Waals surface area contributed by atoms with E-state index < -0.39 is 5.91 Å². The molecule has 6 nitrogen and oxygen atoms in total. The molecule has 0 aliphatic rings. The quantitative estimate of drug-likeness (QED) is 0.283. The maximum absolute atomic E-state index is 12.1. The molecule has 0 fully saturated rings. The van der Waals surface area contributed by atoms with E-state index in [4.69, 9.17) is 21.1 Å². The van der Waals surface area contributed by atoms with Gasteiger partial charge in [-0.15, -0.1) is 0 Å². The zero-order valence-corrected chi connectivity index (χ0v) is 18.7. The van der Waals surface area contributed by atoms with Gasteiger partial charge in [-0.05, 0) is 58.2 Å². The van der Waals surface area contributed by atoms with E-state index in [0.717, 1.165) is 5.56 Å². The van der Waals surface area contributed by atoms with Gasteiger partial charge >= 0.3 is 0 Å². The van der Waals surface area contributed by atoms with Gasteiger partial charge in [-0.25, -0.2) is 10.4 Å². The normalized spacial score (nSPS) is 10.8. The van der Waals surface area contributed by atoms with Gasteiger partial charge in [0.25, 0.3) is 5.91 Å². The Kier molecular flexibility index (Phi) is 7.43. The van der Waals surface area contributed by atoms with Crippen molar-refractivity contribution in [1.82, 2.24) is 10.4 Å². The van der Waals surface area contributed by atoms with Crippen LogP contribution in [0.5, 0.6) is 11.5 Å². The fraction of sp³-hybridized carbons (Fsp3) is 0.136. The van der Waals surface area contributed by atoms with E-state index >= 15 is 0 Å². The van der Waals surface area contributed by atoms with Crippen LogP contribution < -0.4 is 14.9 Å². The topological polar surface area (TPSA) is 72.8 Å². The third kappa shape index (κ3) is 5.58. The zero-order chi connectivity index (χ0) is 21.5. The number of carbonyl (C=O) groups excluding carboxylic acids is 1. The number of hydrogen-bond donors (Lipinski definition) is 1. The van der Waals surface area contributed by atoms with Crippen LogP contribution in [-0.2, 0) is 6.61 Å². The number of aromatic nitrogens is 1. The zero-order valence-electron chi connectivity index (χ0n) is 16.4. The van der Waals surface area contributed by atoms with E-state index in [0.29, 0.717) is 28.1 Å². The van der Waals surface area contributed by atoms with E-state index in [2.05, 4.69) is 37.5 Å². The number of nitrogens with one attached hydrogen (secondary N) is 1. The molecule has 0 saturated heterocycles. The molecule has 8 heteroatoms. The van der Waals surface area contributed by atoms with Crippen LogP contribution in [0.4, 0.5) is 0 Å². The van der Waals surface area contributed by atoms with Crippen LogP contribution in [0.1, 0.15) is 27.0 Å². The summed E-state index contributed by atoms with van der Waals surface area (Å²) in [5.74, 6) is 0.677. The molecule has 1 aromatic heterocycles. The minimum Gasteiger partial charge on any atom is -0.493 e. The maximum atomic E-state index is 12.1. The number of rotatable bonds is 7. The van der Waals surface area contributed by atoms with Crippen molar-refractivity contribution in [2.45, 2.75) is 13.5 Å². The second kappa shape index (κ2) is 10.2. The van der Waals surface area contributed by atoms with Gasteiger partial charge in [0.05, 0.1) is 23.4 Å². The number of pyridine rings is 1. The number of nitrogens with zero attached hydrogens (tertiary/aromatic N) is 2. The van der Waals surface area contributed by atoms with Crippen molar-refractivity contribution in [1.29, 1.82) is 0 Å². The number of amides is 1. The van der Waals surface area contributed by atoms with E-state index in [1.165, 1.54) is 18.0 Å². The minimum atomic E-state index is -0.450. The molecule has 0 radical (unpaired) electrons. The fourth-order valence-electron chi connectivity index (χ4n) is 2.69. The van der Waals surface area contributed by atoms with Gasteiger partial charge in [-0.3, -0.25) is 4.79 Å². The minimum absolute atomic E-state index is 0.115. The average Bonchev–Trinajstić information content (AvgIpc) is 2.73. The first-order chi connectivity index (χ1) is 14.5. The van der Waals surface area contributed by atoms with Crippen LogP contribution in [0.15, 0.2) is 64.3 Å². The molecular formula is C22H19BrClN3O3. The predicted octanol–water partition coefficient (Wildman–Crippen LogP) is 5.16. The van der Waals surface area contributed by atoms with Crippen molar-refractivity contribution >= 4 is 39.7 Å². The molecule has 1 N–H and O–H groups in total. The highest BCUT2D eigenvalue weighted by Gasteiger charge is 2.12. The van der Waals surface area contributed by atoms with Crippen LogP contribution in [0, 0.1) is 6.92 Å². The van der Waals surface area contributed by atoms with Crippen LogP contribution in [-0.4, -0.2) is 24.2 Å². The summed E-state index contributed by atoms with van der Waals surface area (Å²) in [7, 11) is 1.56. The summed E-state index contributed by atoms with van der Waals surface area (Å²) in [6.07, 6.45) is 3.01. The van der Waals surface area contributed by atoms with Crippen molar-refractivity contribution in [2.24, 2.45) is 5.10 Å². The van der Waals surface area contributed by atoms with Crippen LogP contribution in [0.2, 0.25) is 5.15 Å². The molecule has 0 bridgehead atoms. The highest BCUT2D eigenvalue weighted by atomic mass is 79.9. The molecule has 154 valence electrons. The van der Waals surface area contributed by atoms with Crippen LogP contribution in [0.3, 0.4) is 0 Å². The molecule has 0 aliphatic heterocycles. The molecule has 0 unspecified atom stereocenters. The fourth-order valence-corrected chi connectivity index (χ4v) is 3.47. The van der Waals surface area contributed by atoms with Crippen molar-refractivity contribution < 1.29 is 14.3 Å². The number of ether oxygens (including phenoxy) is 2. The number of halogens is 2. The molecule has 2 aromatic carbocycles. The molecule has 0 saturated carbocycles. The molecule has 1 heterocycles. The Morgan fingerprint density at radius 1 is 1.27 bits per heavy atom. The largest absolute Gasteiger partial charge is 0.493 e. The summed E-state index contributed by atoms with van der Waals surface area (Å²) >= 11 is 9.43. The van der Waals surface area contributed by atoms with E-state index in [1.807, 2.05) is 31.2 Å². The standard InChI is InChI=1S/C22H19BrClN3O3/c1-14-5-3-6-15(9-14)13-30-20-18(23)10-16(11-19(20)29-2)12-26-27-22(28)17-7-4-8-25-21(17)24/h3-12H,13H2,1-2H3,(H,27,28). The molecule has 0 spiro atoms. The Balaban J connectivity index is 1.71. The first-order valence-corrected chi connectivity index (χ1v) is 10.1. The highest BCUT2D eigenvalue weighted by Crippen LogP contribution is 2.36. The Bertz CT molecular complexity index is 1090. The summed E-state index contributed by atoms with van der Waals surface area (Å²) in [6.45, 7) is 2.45. The molecule has 1 amide bonds. The number of methoxy groups -OCH3 is 1. The summed E-state index contributed by atoms with van der Waals surface area (Å²) in [5.41, 5.74) is 5.61. The Morgan fingerprint density at radius 2 is 2.10 bits per heavy atom. The van der Waals surface area contributed by atoms with Crippen LogP contribution in [0.25, 0.3) is 0 Å². The monoisotopic (exact) mass is 487 g/mol. The van der Waals surface area contributed by atoms with Crippen molar-refractivity contribution in [3.05, 3.63) is 86.6 Å². The molecular weight excluding hydrogens is 470 g/mol. The molecule has 3 rings (SSSR count). The highest BCUT2D eigenvalue weighted by molar-refractivity contribution is 9.10. The average molecular weight is 489 g/mol. The first-order valence-electron chi connectivity index (χ1n) is 8.97. The summed E-state index contributed by atoms with van der Waals surface area (Å²) in [4.78, 5) is 16.0. The Morgan fingerprint density at radius 3 is 2.83 bits per heavy atom. The smallest absolute Gasteiger partial charge is 0.274 e. The predicted molar refractivity (Wildman–Crippen MR) is 121 cm³/mol. The van der Waals surface area contributed by atoms with Gasteiger partial charge in [0.15, 0.2) is 11.5 Å². The summed E-state index contributed by atoms with van der Waals surface area (Å²) < 4.78 is 12.1. The summed E-state index contributed by atoms with van der Waals surface area (Å²) in [5, 5.41) is 4.10. The maximum Gasteiger partial charge on any atom is 0.274 e. The van der Waals surface area contributed by atoms with Gasteiger partial charge in [-0.1, -0.05) is 41.4 Å². The lowest BCUT2D eigenvalue weighted by molar-refractivity contribution is 0.0955. The second-order valence-electron chi connectivity index (χ2n) is 6.35. The van der Waals surface area contributed by atoms with E-state index in [9.17, 15) is 4.79 Å². The van der Waals surface area contributed by atoms with E-state index in [1.54, 1.807) is 25.3 Å². The van der Waals surface area contributed by atoms with Crippen molar-refractivity contribution in [2.75, 3.05) is 7.11 Å². The van der Waals surface area contributed by atoms with Crippen molar-refractivity contribution in [3.63, 3.8) is 0 Å². The number of benzene rings is 2. The third-order valence-electron chi connectivity index (χ3n) is 4.10. The number of hydrogen-bond acceptors (Lipinski definition) is 5. The van der Waals surface area contributed by atoms with Gasteiger partial charge in [0, 0.05) is 6.20 Å². The lowest BCUT2D eigenvalue weighted by Crippen LogP contribution is -2.18. The number of hydrazone groups is 1. The van der Waals surface area contributed by atoms with Crippen molar-refractivity contribution in [3.8, 4) is 11.5 Å². The first kappa shape index (κ1) is 21.8. The summed E-state index contributed by atoms with van der Waals surface area (Å²) in [6, 6.07) is 14.9. The SMILES string of the molecule is COc1cc(C=NNC(=O)c2cccnc2Cl)cc(Br)c1OCc1cccc(C)c1. The third-order valence-corrected chi connectivity index (χ3v) is 4.99.